The van der Waals surface area contributed by atoms with Crippen molar-refractivity contribution in [3.8, 4) is 0 Å². The number of hydrogen-bond donors (Lipinski definition) is 2. The zero-order valence-corrected chi connectivity index (χ0v) is 16.9. The van der Waals surface area contributed by atoms with Gasteiger partial charge >= 0.3 is 5.97 Å². The van der Waals surface area contributed by atoms with E-state index in [1.165, 1.54) is 19.3 Å². The monoisotopic (exact) mass is 404 g/mol. The molecule has 0 spiro atoms. The fraction of sp³-hybridized carbons (Fsp3) is 0.667. The third kappa shape index (κ3) is 4.40. The molecule has 4 saturated carbocycles. The lowest BCUT2D eigenvalue weighted by Gasteiger charge is -2.55. The van der Waals surface area contributed by atoms with E-state index < -0.39 is 5.97 Å². The average Bonchev–Trinajstić information content (AvgIpc) is 3.17. The molecule has 4 fully saturated rings. The molecule has 0 aliphatic heterocycles. The van der Waals surface area contributed by atoms with E-state index in [1.807, 2.05) is 17.5 Å². The Morgan fingerprint density at radius 3 is 2.36 bits per heavy atom. The van der Waals surface area contributed by atoms with Gasteiger partial charge in [0.15, 0.2) is 6.61 Å². The average molecular weight is 405 g/mol. The number of amides is 2. The molecule has 28 heavy (non-hydrogen) atoms. The van der Waals surface area contributed by atoms with Crippen LogP contribution in [-0.4, -0.2) is 30.9 Å². The Hall–Kier alpha value is -1.89. The normalized spacial score (nSPS) is 30.1. The van der Waals surface area contributed by atoms with Crippen LogP contribution in [0, 0.1) is 23.2 Å². The standard InChI is InChI=1S/C21H28N2O4S/c24-18(23-12-17-2-1-5-28-17)13-27-19(25)3-4-22-20(26)21-9-14-6-15(10-21)8-16(7-14)11-21/h1-2,5,14-16H,3-4,6-13H2,(H,22,26)(H,23,24). The first-order valence-corrected chi connectivity index (χ1v) is 11.1. The van der Waals surface area contributed by atoms with Crippen LogP contribution in [0.4, 0.5) is 0 Å². The Kier molecular flexibility index (Phi) is 5.71. The summed E-state index contributed by atoms with van der Waals surface area (Å²) in [7, 11) is 0. The fourth-order valence-corrected chi connectivity index (χ4v) is 6.37. The number of hydrogen-bond acceptors (Lipinski definition) is 5. The Balaban J connectivity index is 1.14. The van der Waals surface area contributed by atoms with Crippen molar-refractivity contribution in [1.82, 2.24) is 10.6 Å². The number of thiophene rings is 1. The Labute approximate surface area is 169 Å². The van der Waals surface area contributed by atoms with Crippen molar-refractivity contribution in [3.63, 3.8) is 0 Å². The predicted octanol–water partition coefficient (Wildman–Crippen LogP) is 2.63. The second kappa shape index (κ2) is 8.23. The summed E-state index contributed by atoms with van der Waals surface area (Å²) >= 11 is 1.56. The van der Waals surface area contributed by atoms with Gasteiger partial charge in [-0.2, -0.15) is 0 Å². The lowest BCUT2D eigenvalue weighted by molar-refractivity contribution is -0.149. The highest BCUT2D eigenvalue weighted by atomic mass is 32.1. The molecule has 6 nitrogen and oxygen atoms in total. The van der Waals surface area contributed by atoms with Crippen LogP contribution in [0.2, 0.25) is 0 Å². The minimum Gasteiger partial charge on any atom is -0.456 e. The first-order valence-electron chi connectivity index (χ1n) is 10.3. The molecule has 2 N–H and O–H groups in total. The molecular weight excluding hydrogens is 376 g/mol. The molecule has 1 aromatic heterocycles. The van der Waals surface area contributed by atoms with Crippen molar-refractivity contribution in [2.75, 3.05) is 13.2 Å². The van der Waals surface area contributed by atoms with E-state index in [4.69, 9.17) is 4.74 Å². The van der Waals surface area contributed by atoms with E-state index in [0.29, 0.717) is 6.54 Å². The molecule has 7 heteroatoms. The topological polar surface area (TPSA) is 84.5 Å². The Morgan fingerprint density at radius 2 is 1.75 bits per heavy atom. The number of carbonyl (C=O) groups is 3. The van der Waals surface area contributed by atoms with Crippen LogP contribution < -0.4 is 10.6 Å². The first-order chi connectivity index (χ1) is 13.5. The molecule has 0 unspecified atom stereocenters. The minimum atomic E-state index is -0.461. The molecule has 1 aromatic rings. The van der Waals surface area contributed by atoms with E-state index in [0.717, 1.165) is 41.9 Å². The number of nitrogens with one attached hydrogen (secondary N) is 2. The lowest BCUT2D eigenvalue weighted by Crippen LogP contribution is -2.53. The molecule has 152 valence electrons. The van der Waals surface area contributed by atoms with E-state index in [2.05, 4.69) is 10.6 Å². The molecule has 0 aromatic carbocycles. The quantitative estimate of drug-likeness (QED) is 0.653. The molecule has 0 saturated heterocycles. The van der Waals surface area contributed by atoms with Crippen molar-refractivity contribution < 1.29 is 19.1 Å². The highest BCUT2D eigenvalue weighted by Gasteiger charge is 2.54. The smallest absolute Gasteiger partial charge is 0.308 e. The number of carbonyl (C=O) groups excluding carboxylic acids is 3. The summed E-state index contributed by atoms with van der Waals surface area (Å²) in [6.45, 7) is 0.429. The van der Waals surface area contributed by atoms with Gasteiger partial charge in [0.1, 0.15) is 0 Å². The van der Waals surface area contributed by atoms with Crippen LogP contribution in [0.25, 0.3) is 0 Å². The van der Waals surface area contributed by atoms with Crippen LogP contribution in [0.3, 0.4) is 0 Å². The van der Waals surface area contributed by atoms with E-state index in [1.54, 1.807) is 11.3 Å². The predicted molar refractivity (Wildman–Crippen MR) is 105 cm³/mol. The van der Waals surface area contributed by atoms with Gasteiger partial charge in [0.2, 0.25) is 5.91 Å². The van der Waals surface area contributed by atoms with Gasteiger partial charge < -0.3 is 15.4 Å². The third-order valence-corrected chi connectivity index (χ3v) is 7.42. The van der Waals surface area contributed by atoms with Gasteiger partial charge in [-0.3, -0.25) is 14.4 Å². The number of ether oxygens (including phenoxy) is 1. The van der Waals surface area contributed by atoms with Gasteiger partial charge in [0, 0.05) is 16.8 Å². The van der Waals surface area contributed by atoms with E-state index >= 15 is 0 Å². The molecule has 1 heterocycles. The molecule has 2 amide bonds. The fourth-order valence-electron chi connectivity index (χ4n) is 5.72. The van der Waals surface area contributed by atoms with Crippen LogP contribution in [0.5, 0.6) is 0 Å². The van der Waals surface area contributed by atoms with Crippen molar-refractivity contribution in [2.24, 2.45) is 23.2 Å². The second-order valence-corrected chi connectivity index (χ2v) is 9.75. The molecule has 0 atom stereocenters. The summed E-state index contributed by atoms with van der Waals surface area (Å²) in [5, 5.41) is 7.62. The Bertz CT molecular complexity index is 695. The maximum atomic E-state index is 12.8. The van der Waals surface area contributed by atoms with Crippen LogP contribution in [-0.2, 0) is 25.7 Å². The summed E-state index contributed by atoms with van der Waals surface area (Å²) in [5.74, 6) is 1.49. The van der Waals surface area contributed by atoms with Gasteiger partial charge in [0.05, 0.1) is 13.0 Å². The summed E-state index contributed by atoms with van der Waals surface area (Å²) < 4.78 is 5.01. The van der Waals surface area contributed by atoms with Crippen molar-refractivity contribution in [1.29, 1.82) is 0 Å². The molecule has 5 rings (SSSR count). The molecule has 4 bridgehead atoms. The summed E-state index contributed by atoms with van der Waals surface area (Å²) in [6, 6.07) is 3.85. The number of rotatable bonds is 8. The van der Waals surface area contributed by atoms with Gasteiger partial charge in [-0.1, -0.05) is 6.07 Å². The summed E-state index contributed by atoms with van der Waals surface area (Å²) in [4.78, 5) is 37.5. The first kappa shape index (κ1) is 19.4. The van der Waals surface area contributed by atoms with Gasteiger partial charge in [-0.25, -0.2) is 0 Å². The lowest BCUT2D eigenvalue weighted by atomic mass is 9.49. The minimum absolute atomic E-state index is 0.0936. The summed E-state index contributed by atoms with van der Waals surface area (Å²) in [6.07, 6.45) is 7.03. The Morgan fingerprint density at radius 1 is 1.07 bits per heavy atom. The SMILES string of the molecule is O=C(COC(=O)CCNC(=O)C12CC3CC(CC(C3)C1)C2)NCc1cccs1. The van der Waals surface area contributed by atoms with Crippen molar-refractivity contribution in [2.45, 2.75) is 51.5 Å². The number of esters is 1. The zero-order chi connectivity index (χ0) is 19.6. The highest BCUT2D eigenvalue weighted by Crippen LogP contribution is 2.60. The molecule has 4 aliphatic rings. The maximum absolute atomic E-state index is 12.8. The zero-order valence-electron chi connectivity index (χ0n) is 16.1. The molecular formula is C21H28N2O4S. The molecule has 0 radical (unpaired) electrons. The van der Waals surface area contributed by atoms with Crippen LogP contribution in [0.15, 0.2) is 17.5 Å². The van der Waals surface area contributed by atoms with Crippen LogP contribution >= 0.6 is 11.3 Å². The van der Waals surface area contributed by atoms with Crippen molar-refractivity contribution >= 4 is 29.1 Å². The highest BCUT2D eigenvalue weighted by molar-refractivity contribution is 7.09. The van der Waals surface area contributed by atoms with Gasteiger partial charge in [-0.05, 0) is 67.7 Å². The summed E-state index contributed by atoms with van der Waals surface area (Å²) in [5.41, 5.74) is -0.194. The van der Waals surface area contributed by atoms with Gasteiger partial charge in [-0.15, -0.1) is 11.3 Å². The third-order valence-electron chi connectivity index (χ3n) is 6.54. The van der Waals surface area contributed by atoms with Crippen molar-refractivity contribution in [3.05, 3.63) is 22.4 Å². The molecule has 4 aliphatic carbocycles. The second-order valence-electron chi connectivity index (χ2n) is 8.72. The largest absolute Gasteiger partial charge is 0.456 e. The maximum Gasteiger partial charge on any atom is 0.308 e. The van der Waals surface area contributed by atoms with E-state index in [-0.39, 0.29) is 36.8 Å². The van der Waals surface area contributed by atoms with Crippen LogP contribution in [0.1, 0.15) is 49.8 Å². The van der Waals surface area contributed by atoms with E-state index in [9.17, 15) is 14.4 Å². The van der Waals surface area contributed by atoms with Gasteiger partial charge in [0.25, 0.3) is 5.91 Å².